The molecule has 4 saturated carbocycles. The van der Waals surface area contributed by atoms with E-state index in [4.69, 9.17) is 27.0 Å². The molecule has 3 nitrogen and oxygen atoms in total. The first-order valence-corrected chi connectivity index (χ1v) is 13.7. The van der Waals surface area contributed by atoms with Gasteiger partial charge >= 0.3 is 6.07 Å². The van der Waals surface area contributed by atoms with E-state index in [2.05, 4.69) is 20.8 Å². The van der Waals surface area contributed by atoms with E-state index in [-0.39, 0.29) is 17.4 Å². The number of fused-ring (bicyclic) bond motifs is 5. The van der Waals surface area contributed by atoms with Crippen LogP contribution in [0, 0.1) is 40.4 Å². The molecule has 0 aliphatic heterocycles. The van der Waals surface area contributed by atoms with Gasteiger partial charge in [-0.15, -0.1) is 0 Å². The van der Waals surface area contributed by atoms with Gasteiger partial charge in [-0.05, 0) is 102 Å². The summed E-state index contributed by atoms with van der Waals surface area (Å²) < 4.78 is 17.5. The first kappa shape index (κ1) is 19.7. The minimum absolute atomic E-state index is 0.0277. The molecule has 0 bridgehead atoms. The summed E-state index contributed by atoms with van der Waals surface area (Å²) in [6, 6.07) is 0. The van der Waals surface area contributed by atoms with Gasteiger partial charge in [-0.25, -0.2) is 0 Å². The van der Waals surface area contributed by atoms with Crippen LogP contribution in [0.3, 0.4) is 0 Å². The van der Waals surface area contributed by atoms with E-state index >= 15 is 0 Å². The molecule has 0 aromatic carbocycles. The van der Waals surface area contributed by atoms with Crippen molar-refractivity contribution in [2.75, 3.05) is 0 Å². The van der Waals surface area contributed by atoms with Crippen LogP contribution in [0.15, 0.2) is 0 Å². The maximum atomic E-state index is 12.3. The molecule has 148 valence electrons. The summed E-state index contributed by atoms with van der Waals surface area (Å²) >= 11 is 11.5. The van der Waals surface area contributed by atoms with Crippen LogP contribution in [0.1, 0.15) is 72.1 Å². The van der Waals surface area contributed by atoms with Crippen molar-refractivity contribution in [3.8, 4) is 0 Å². The number of carbonyl (C=O) groups excluding carboxylic acids is 1. The second kappa shape index (κ2) is 6.48. The molecule has 0 saturated heterocycles. The first-order valence-electron chi connectivity index (χ1n) is 10.3. The van der Waals surface area contributed by atoms with Gasteiger partial charge < -0.3 is 4.52 Å². The van der Waals surface area contributed by atoms with E-state index in [0.29, 0.717) is 34.9 Å². The van der Waals surface area contributed by atoms with Crippen molar-refractivity contribution in [3.05, 3.63) is 0 Å². The van der Waals surface area contributed by atoms with Crippen molar-refractivity contribution in [2.24, 2.45) is 40.4 Å². The van der Waals surface area contributed by atoms with Gasteiger partial charge in [0.25, 0.3) is 0 Å². The fraction of sp³-hybridized carbons (Fsp3) is 0.950. The van der Waals surface area contributed by atoms with Crippen LogP contribution in [-0.2, 0) is 13.9 Å². The van der Waals surface area contributed by atoms with Gasteiger partial charge in [0.2, 0.25) is 0 Å². The van der Waals surface area contributed by atoms with Crippen LogP contribution in [0.2, 0.25) is 0 Å². The standard InChI is InChI=1S/C20H31Cl2O3P/c1-12-14-5-4-13-15-6-7-18(25-26(21,22)24)20(15,3)10-8-16(13)19(14,2)11-9-17(12)23/h12-16,18H,4-11H2,1-3H3. The second-order valence-electron chi connectivity index (χ2n) is 9.95. The molecule has 0 spiro atoms. The van der Waals surface area contributed by atoms with Crippen LogP contribution >= 0.6 is 28.6 Å². The third kappa shape index (κ3) is 2.95. The van der Waals surface area contributed by atoms with Crippen molar-refractivity contribution < 1.29 is 13.9 Å². The number of hydrogen-bond donors (Lipinski definition) is 0. The zero-order chi connectivity index (χ0) is 18.9. The largest absolute Gasteiger partial charge is 0.380 e. The van der Waals surface area contributed by atoms with Gasteiger partial charge in [0.05, 0.1) is 6.10 Å². The number of Topliss-reactive ketones (excluding diaryl/α,β-unsaturated/α-hetero) is 1. The highest BCUT2D eigenvalue weighted by atomic mass is 35.9. The molecule has 4 fully saturated rings. The van der Waals surface area contributed by atoms with Crippen LogP contribution < -0.4 is 0 Å². The van der Waals surface area contributed by atoms with E-state index < -0.39 is 6.07 Å². The Hall–Kier alpha value is 0.440. The topological polar surface area (TPSA) is 43.4 Å². The summed E-state index contributed by atoms with van der Waals surface area (Å²) in [6.45, 7) is 6.93. The summed E-state index contributed by atoms with van der Waals surface area (Å²) in [5.41, 5.74) is 0.324. The fourth-order valence-corrected chi connectivity index (χ4v) is 9.01. The maximum Gasteiger partial charge on any atom is 0.380 e. The Morgan fingerprint density at radius 3 is 2.31 bits per heavy atom. The molecule has 0 N–H and O–H groups in total. The van der Waals surface area contributed by atoms with Crippen molar-refractivity contribution in [1.82, 2.24) is 0 Å². The normalized spacial score (nSPS) is 51.5. The third-order valence-corrected chi connectivity index (χ3v) is 10.1. The lowest BCUT2D eigenvalue weighted by Gasteiger charge is -2.61. The van der Waals surface area contributed by atoms with Crippen molar-refractivity contribution >= 4 is 34.3 Å². The molecule has 8 atom stereocenters. The van der Waals surface area contributed by atoms with Crippen molar-refractivity contribution in [2.45, 2.75) is 78.2 Å². The van der Waals surface area contributed by atoms with E-state index in [1.54, 1.807) is 0 Å². The predicted molar refractivity (Wildman–Crippen MR) is 105 cm³/mol. The molecule has 4 aliphatic rings. The minimum atomic E-state index is -3.50. The molecule has 0 aromatic heterocycles. The quantitative estimate of drug-likeness (QED) is 0.460. The smallest absolute Gasteiger partial charge is 0.302 e. The minimum Gasteiger partial charge on any atom is -0.302 e. The summed E-state index contributed by atoms with van der Waals surface area (Å²) in [7, 11) is 0. The van der Waals surface area contributed by atoms with Crippen LogP contribution in [0.5, 0.6) is 0 Å². The molecule has 26 heavy (non-hydrogen) atoms. The highest BCUT2D eigenvalue weighted by molar-refractivity contribution is 8.05. The number of carbonyl (C=O) groups is 1. The molecular weight excluding hydrogens is 390 g/mol. The molecular formula is C20H31Cl2O3P. The average molecular weight is 421 g/mol. The van der Waals surface area contributed by atoms with Crippen LogP contribution in [-0.4, -0.2) is 11.9 Å². The predicted octanol–water partition coefficient (Wildman–Crippen LogP) is 6.82. The molecule has 0 heterocycles. The maximum absolute atomic E-state index is 12.3. The van der Waals surface area contributed by atoms with Crippen molar-refractivity contribution in [3.63, 3.8) is 0 Å². The number of ketones is 1. The van der Waals surface area contributed by atoms with Gasteiger partial charge in [-0.2, -0.15) is 0 Å². The zero-order valence-electron chi connectivity index (χ0n) is 16.0. The highest BCUT2D eigenvalue weighted by Gasteiger charge is 2.62. The lowest BCUT2D eigenvalue weighted by atomic mass is 9.44. The Morgan fingerprint density at radius 1 is 0.962 bits per heavy atom. The zero-order valence-corrected chi connectivity index (χ0v) is 18.5. The molecule has 6 heteroatoms. The number of rotatable bonds is 2. The van der Waals surface area contributed by atoms with Crippen molar-refractivity contribution in [1.29, 1.82) is 0 Å². The third-order valence-electron chi connectivity index (χ3n) is 9.13. The first-order chi connectivity index (χ1) is 12.1. The lowest BCUT2D eigenvalue weighted by molar-refractivity contribution is -0.151. The van der Waals surface area contributed by atoms with Gasteiger partial charge in [-0.1, -0.05) is 20.8 Å². The molecule has 0 radical (unpaired) electrons. The second-order valence-corrected chi connectivity index (χ2v) is 14.2. The molecule has 0 amide bonds. The van der Waals surface area contributed by atoms with Gasteiger partial charge in [-0.3, -0.25) is 9.36 Å². The number of hydrogen-bond acceptors (Lipinski definition) is 3. The monoisotopic (exact) mass is 420 g/mol. The SMILES string of the molecule is CC1C(=O)CCC2(C)C1CCC1C3CCC(OP(=O)(Cl)Cl)C3(C)CCC12. The van der Waals surface area contributed by atoms with E-state index in [0.717, 1.165) is 32.1 Å². The molecule has 8 unspecified atom stereocenters. The Labute approximate surface area is 166 Å². The Kier molecular flexibility index (Phi) is 4.92. The summed E-state index contributed by atoms with van der Waals surface area (Å²) in [4.78, 5) is 12.3. The summed E-state index contributed by atoms with van der Waals surface area (Å²) in [5, 5.41) is 0. The Balaban J connectivity index is 1.59. The van der Waals surface area contributed by atoms with E-state index in [9.17, 15) is 9.36 Å². The van der Waals surface area contributed by atoms with E-state index in [1.165, 1.54) is 19.3 Å². The van der Waals surface area contributed by atoms with E-state index in [1.807, 2.05) is 0 Å². The lowest BCUT2D eigenvalue weighted by Crippen LogP contribution is -2.56. The van der Waals surface area contributed by atoms with Gasteiger partial charge in [0, 0.05) is 12.3 Å². The highest BCUT2D eigenvalue weighted by Crippen LogP contribution is 2.69. The Morgan fingerprint density at radius 2 is 1.62 bits per heavy atom. The van der Waals surface area contributed by atoms with Crippen LogP contribution in [0.4, 0.5) is 0 Å². The van der Waals surface area contributed by atoms with Gasteiger partial charge in [0.1, 0.15) is 5.78 Å². The molecule has 0 aromatic rings. The summed E-state index contributed by atoms with van der Waals surface area (Å²) in [5.74, 6) is 3.23. The number of halogens is 2. The van der Waals surface area contributed by atoms with Gasteiger partial charge in [0.15, 0.2) is 0 Å². The Bertz CT molecular complexity index is 649. The fourth-order valence-electron chi connectivity index (χ4n) is 7.80. The molecule has 4 rings (SSSR count). The molecule has 4 aliphatic carbocycles. The van der Waals surface area contributed by atoms with Crippen LogP contribution in [0.25, 0.3) is 0 Å². The summed E-state index contributed by atoms with van der Waals surface area (Å²) in [6.07, 6.45) is 4.90. The average Bonchev–Trinajstić information content (AvgIpc) is 2.86.